The molecular formula is C12H12BrFO2. The molecule has 2 nitrogen and oxygen atoms in total. The molecule has 0 aromatic heterocycles. The van der Waals surface area contributed by atoms with E-state index in [1.165, 1.54) is 6.07 Å². The summed E-state index contributed by atoms with van der Waals surface area (Å²) >= 11 is 3.08. The van der Waals surface area contributed by atoms with Crippen molar-refractivity contribution in [3.63, 3.8) is 0 Å². The number of ether oxygens (including phenoxy) is 1. The number of carbonyl (C=O) groups is 1. The first-order valence-corrected chi connectivity index (χ1v) is 5.98. The number of Topliss-reactive ketones (excluding diaryl/α,β-unsaturated/α-hetero) is 1. The third-order valence-corrected chi connectivity index (χ3v) is 3.40. The zero-order chi connectivity index (χ0) is 11.7. The Balaban J connectivity index is 2.24. The minimum absolute atomic E-state index is 0.0872. The zero-order valence-corrected chi connectivity index (χ0v) is 10.5. The molecule has 0 bridgehead atoms. The second-order valence-corrected chi connectivity index (χ2v) is 4.90. The fourth-order valence-corrected chi connectivity index (χ4v) is 2.28. The van der Waals surface area contributed by atoms with Gasteiger partial charge in [-0.3, -0.25) is 4.79 Å². The SMILES string of the molecule is CC1CC(C(=O)c2cccc(Br)c2F)CO1. The van der Waals surface area contributed by atoms with Crippen molar-refractivity contribution < 1.29 is 13.9 Å². The number of benzene rings is 1. The summed E-state index contributed by atoms with van der Waals surface area (Å²) in [5.41, 5.74) is 0.150. The first kappa shape index (κ1) is 11.7. The molecule has 1 aromatic carbocycles. The van der Waals surface area contributed by atoms with Crippen LogP contribution in [0.5, 0.6) is 0 Å². The predicted molar refractivity (Wildman–Crippen MR) is 62.0 cm³/mol. The summed E-state index contributed by atoms with van der Waals surface area (Å²) in [5.74, 6) is -0.853. The van der Waals surface area contributed by atoms with Gasteiger partial charge in [0.25, 0.3) is 0 Å². The third kappa shape index (κ3) is 2.18. The summed E-state index contributed by atoms with van der Waals surface area (Å²) in [6.45, 7) is 2.32. The van der Waals surface area contributed by atoms with Crippen LogP contribution in [0.25, 0.3) is 0 Å². The number of rotatable bonds is 2. The Labute approximate surface area is 102 Å². The average Bonchev–Trinajstić information content (AvgIpc) is 2.68. The lowest BCUT2D eigenvalue weighted by molar-refractivity contribution is 0.0874. The Kier molecular flexibility index (Phi) is 3.40. The van der Waals surface area contributed by atoms with Crippen LogP contribution in [0.15, 0.2) is 22.7 Å². The van der Waals surface area contributed by atoms with Gasteiger partial charge in [0.1, 0.15) is 5.82 Å². The maximum atomic E-state index is 13.7. The molecule has 2 atom stereocenters. The number of halogens is 2. The molecule has 0 N–H and O–H groups in total. The quantitative estimate of drug-likeness (QED) is 0.781. The molecular weight excluding hydrogens is 275 g/mol. The fourth-order valence-electron chi connectivity index (χ4n) is 1.91. The van der Waals surface area contributed by atoms with Gasteiger partial charge in [0, 0.05) is 5.92 Å². The second-order valence-electron chi connectivity index (χ2n) is 4.04. The molecule has 1 aliphatic rings. The van der Waals surface area contributed by atoms with Crippen LogP contribution in [-0.2, 0) is 4.74 Å². The lowest BCUT2D eigenvalue weighted by Crippen LogP contribution is -2.16. The summed E-state index contributed by atoms with van der Waals surface area (Å²) < 4.78 is 19.3. The summed E-state index contributed by atoms with van der Waals surface area (Å²) in [7, 11) is 0. The van der Waals surface area contributed by atoms with Crippen LogP contribution < -0.4 is 0 Å². The third-order valence-electron chi connectivity index (χ3n) is 2.79. The number of hydrogen-bond acceptors (Lipinski definition) is 2. The van der Waals surface area contributed by atoms with Crippen molar-refractivity contribution >= 4 is 21.7 Å². The van der Waals surface area contributed by atoms with Crippen LogP contribution in [0.1, 0.15) is 23.7 Å². The van der Waals surface area contributed by atoms with Crippen LogP contribution in [-0.4, -0.2) is 18.5 Å². The van der Waals surface area contributed by atoms with Gasteiger partial charge in [-0.15, -0.1) is 0 Å². The van der Waals surface area contributed by atoms with Gasteiger partial charge < -0.3 is 4.74 Å². The minimum atomic E-state index is -0.480. The van der Waals surface area contributed by atoms with E-state index in [0.29, 0.717) is 17.5 Å². The van der Waals surface area contributed by atoms with E-state index in [2.05, 4.69) is 15.9 Å². The van der Waals surface area contributed by atoms with Gasteiger partial charge in [0.15, 0.2) is 5.78 Å². The van der Waals surface area contributed by atoms with Crippen LogP contribution in [0, 0.1) is 11.7 Å². The monoisotopic (exact) mass is 286 g/mol. The highest BCUT2D eigenvalue weighted by Crippen LogP contribution is 2.26. The molecule has 1 aromatic rings. The molecule has 0 aliphatic carbocycles. The maximum Gasteiger partial charge on any atom is 0.171 e. The molecule has 16 heavy (non-hydrogen) atoms. The molecule has 0 radical (unpaired) electrons. The van der Waals surface area contributed by atoms with Gasteiger partial charge >= 0.3 is 0 Å². The first-order valence-electron chi connectivity index (χ1n) is 5.19. The van der Waals surface area contributed by atoms with E-state index in [-0.39, 0.29) is 23.4 Å². The van der Waals surface area contributed by atoms with Crippen molar-refractivity contribution in [3.05, 3.63) is 34.1 Å². The van der Waals surface area contributed by atoms with Gasteiger partial charge in [0.05, 0.1) is 22.7 Å². The van der Waals surface area contributed by atoms with Crippen LogP contribution in [0.3, 0.4) is 0 Å². The maximum absolute atomic E-state index is 13.7. The van der Waals surface area contributed by atoms with Crippen molar-refractivity contribution in [2.24, 2.45) is 5.92 Å². The number of ketones is 1. The average molecular weight is 287 g/mol. The van der Waals surface area contributed by atoms with E-state index >= 15 is 0 Å². The standard InChI is InChI=1S/C12H12BrFO2/c1-7-5-8(6-16-7)12(15)9-3-2-4-10(13)11(9)14/h2-4,7-8H,5-6H2,1H3. The Morgan fingerprint density at radius 3 is 2.94 bits per heavy atom. The lowest BCUT2D eigenvalue weighted by atomic mass is 9.95. The van der Waals surface area contributed by atoms with Gasteiger partial charge in [-0.1, -0.05) is 6.07 Å². The number of carbonyl (C=O) groups excluding carboxylic acids is 1. The molecule has 4 heteroatoms. The topological polar surface area (TPSA) is 26.3 Å². The van der Waals surface area contributed by atoms with E-state index in [0.717, 1.165) is 0 Å². The molecule has 0 saturated carbocycles. The van der Waals surface area contributed by atoms with Crippen molar-refractivity contribution in [2.45, 2.75) is 19.4 Å². The van der Waals surface area contributed by atoms with Crippen molar-refractivity contribution in [3.8, 4) is 0 Å². The van der Waals surface area contributed by atoms with Crippen molar-refractivity contribution in [1.82, 2.24) is 0 Å². The predicted octanol–water partition coefficient (Wildman–Crippen LogP) is 3.20. The molecule has 0 amide bonds. The zero-order valence-electron chi connectivity index (χ0n) is 8.87. The first-order chi connectivity index (χ1) is 7.59. The van der Waals surface area contributed by atoms with E-state index in [4.69, 9.17) is 4.74 Å². The Hall–Kier alpha value is -0.740. The van der Waals surface area contributed by atoms with Crippen LogP contribution >= 0.6 is 15.9 Å². The van der Waals surface area contributed by atoms with Gasteiger partial charge in [-0.2, -0.15) is 0 Å². The van der Waals surface area contributed by atoms with Crippen molar-refractivity contribution in [2.75, 3.05) is 6.61 Å². The van der Waals surface area contributed by atoms with E-state index < -0.39 is 5.82 Å². The number of hydrogen-bond donors (Lipinski definition) is 0. The molecule has 1 saturated heterocycles. The van der Waals surface area contributed by atoms with Crippen LogP contribution in [0.2, 0.25) is 0 Å². The highest BCUT2D eigenvalue weighted by atomic mass is 79.9. The smallest absolute Gasteiger partial charge is 0.171 e. The minimum Gasteiger partial charge on any atom is -0.378 e. The van der Waals surface area contributed by atoms with Crippen molar-refractivity contribution in [1.29, 1.82) is 0 Å². The van der Waals surface area contributed by atoms with Gasteiger partial charge in [0.2, 0.25) is 0 Å². The Morgan fingerprint density at radius 1 is 1.56 bits per heavy atom. The molecule has 2 unspecified atom stereocenters. The second kappa shape index (κ2) is 4.63. The molecule has 0 spiro atoms. The summed E-state index contributed by atoms with van der Waals surface area (Å²) in [6, 6.07) is 4.77. The van der Waals surface area contributed by atoms with E-state index in [9.17, 15) is 9.18 Å². The normalized spacial score (nSPS) is 24.7. The molecule has 1 fully saturated rings. The lowest BCUT2D eigenvalue weighted by Gasteiger charge is -2.08. The Bertz CT molecular complexity index is 419. The summed E-state index contributed by atoms with van der Waals surface area (Å²) in [5, 5.41) is 0. The molecule has 2 rings (SSSR count). The Morgan fingerprint density at radius 2 is 2.31 bits per heavy atom. The van der Waals surface area contributed by atoms with E-state index in [1.54, 1.807) is 12.1 Å². The molecule has 86 valence electrons. The fraction of sp³-hybridized carbons (Fsp3) is 0.417. The largest absolute Gasteiger partial charge is 0.378 e. The van der Waals surface area contributed by atoms with Crippen LogP contribution in [0.4, 0.5) is 4.39 Å². The molecule has 1 aliphatic heterocycles. The summed E-state index contributed by atoms with van der Waals surface area (Å²) in [4.78, 5) is 12.0. The summed E-state index contributed by atoms with van der Waals surface area (Å²) in [6.07, 6.45) is 0.759. The van der Waals surface area contributed by atoms with Gasteiger partial charge in [-0.05, 0) is 41.4 Å². The highest BCUT2D eigenvalue weighted by Gasteiger charge is 2.30. The molecule has 1 heterocycles. The van der Waals surface area contributed by atoms with Gasteiger partial charge in [-0.25, -0.2) is 4.39 Å². The van der Waals surface area contributed by atoms with E-state index in [1.807, 2.05) is 6.92 Å². The highest BCUT2D eigenvalue weighted by molar-refractivity contribution is 9.10.